The van der Waals surface area contributed by atoms with Crippen LogP contribution in [0, 0.1) is 0 Å². The summed E-state index contributed by atoms with van der Waals surface area (Å²) < 4.78 is 12.0. The Hall–Kier alpha value is -0.590. The molecule has 0 fully saturated rings. The van der Waals surface area contributed by atoms with E-state index in [1.165, 1.54) is 18.6 Å². The summed E-state index contributed by atoms with van der Waals surface area (Å²) >= 11 is 0. The topological polar surface area (TPSA) is 0 Å². The van der Waals surface area contributed by atoms with E-state index in [2.05, 4.69) is 0 Å². The maximum atomic E-state index is 12.0. The van der Waals surface area contributed by atoms with E-state index in [1.54, 1.807) is 6.08 Å². The normalized spacial score (nSPS) is 14.2. The van der Waals surface area contributed by atoms with Gasteiger partial charge in [0.25, 0.3) is 0 Å². The van der Waals surface area contributed by atoms with Gasteiger partial charge in [-0.25, -0.2) is 4.39 Å². The molecule has 0 bridgehead atoms. The summed E-state index contributed by atoms with van der Waals surface area (Å²) in [7, 11) is 0. The SMILES string of the molecule is CCC(C)=CC=C(C)F. The molecule has 0 aromatic rings. The molecule has 0 unspecified atom stereocenters. The van der Waals surface area contributed by atoms with Crippen LogP contribution in [0.5, 0.6) is 0 Å². The third-order valence-corrected chi connectivity index (χ3v) is 1.16. The maximum absolute atomic E-state index is 12.0. The number of rotatable bonds is 2. The Balaban J connectivity index is 3.83. The third kappa shape index (κ3) is 5.28. The highest BCUT2D eigenvalue weighted by molar-refractivity contribution is 5.11. The molecule has 0 amide bonds. The zero-order valence-electron chi connectivity index (χ0n) is 6.24. The van der Waals surface area contributed by atoms with E-state index >= 15 is 0 Å². The molecule has 0 saturated heterocycles. The van der Waals surface area contributed by atoms with Crippen LogP contribution in [0.4, 0.5) is 4.39 Å². The average Bonchev–Trinajstić information content (AvgIpc) is 1.83. The summed E-state index contributed by atoms with van der Waals surface area (Å²) in [6.45, 7) is 5.48. The molecule has 0 aliphatic heterocycles. The first-order valence-electron chi connectivity index (χ1n) is 3.16. The molecule has 0 aliphatic carbocycles. The van der Waals surface area contributed by atoms with Crippen LogP contribution in [0.1, 0.15) is 27.2 Å². The minimum atomic E-state index is -0.136. The summed E-state index contributed by atoms with van der Waals surface area (Å²) in [5.41, 5.74) is 1.20. The summed E-state index contributed by atoms with van der Waals surface area (Å²) in [6.07, 6.45) is 4.28. The minimum absolute atomic E-state index is 0.136. The van der Waals surface area contributed by atoms with Crippen molar-refractivity contribution in [3.63, 3.8) is 0 Å². The molecule has 0 aromatic heterocycles. The van der Waals surface area contributed by atoms with Crippen LogP contribution in [-0.2, 0) is 0 Å². The van der Waals surface area contributed by atoms with Gasteiger partial charge in [0.05, 0.1) is 5.83 Å². The lowest BCUT2D eigenvalue weighted by Crippen LogP contribution is -1.68. The Bertz CT molecular complexity index is 128. The van der Waals surface area contributed by atoms with Crippen molar-refractivity contribution in [2.24, 2.45) is 0 Å². The van der Waals surface area contributed by atoms with Gasteiger partial charge in [0.1, 0.15) is 0 Å². The lowest BCUT2D eigenvalue weighted by atomic mass is 10.2. The molecule has 52 valence electrons. The summed E-state index contributed by atoms with van der Waals surface area (Å²) in [4.78, 5) is 0. The van der Waals surface area contributed by atoms with Crippen molar-refractivity contribution in [3.05, 3.63) is 23.6 Å². The van der Waals surface area contributed by atoms with Gasteiger partial charge in [0, 0.05) is 0 Å². The number of halogens is 1. The molecule has 0 atom stereocenters. The predicted molar refractivity (Wildman–Crippen MR) is 38.9 cm³/mol. The van der Waals surface area contributed by atoms with Crippen molar-refractivity contribution in [1.29, 1.82) is 0 Å². The first-order valence-corrected chi connectivity index (χ1v) is 3.16. The van der Waals surface area contributed by atoms with Gasteiger partial charge in [-0.3, -0.25) is 0 Å². The fourth-order valence-corrected chi connectivity index (χ4v) is 0.375. The van der Waals surface area contributed by atoms with Crippen LogP contribution in [-0.4, -0.2) is 0 Å². The zero-order chi connectivity index (χ0) is 7.28. The molecular weight excluding hydrogens is 115 g/mol. The van der Waals surface area contributed by atoms with Crippen molar-refractivity contribution in [2.45, 2.75) is 27.2 Å². The van der Waals surface area contributed by atoms with Gasteiger partial charge in [-0.05, 0) is 26.3 Å². The van der Waals surface area contributed by atoms with Crippen LogP contribution in [0.3, 0.4) is 0 Å². The van der Waals surface area contributed by atoms with Gasteiger partial charge < -0.3 is 0 Å². The van der Waals surface area contributed by atoms with Crippen molar-refractivity contribution < 1.29 is 4.39 Å². The average molecular weight is 128 g/mol. The van der Waals surface area contributed by atoms with E-state index in [1.807, 2.05) is 13.8 Å². The molecule has 0 aliphatic rings. The van der Waals surface area contributed by atoms with E-state index in [4.69, 9.17) is 0 Å². The standard InChI is InChI=1S/C8H13F/c1-4-7(2)5-6-8(3)9/h5-6H,4H2,1-3H3. The number of hydrogen-bond donors (Lipinski definition) is 0. The van der Waals surface area contributed by atoms with Crippen molar-refractivity contribution in [1.82, 2.24) is 0 Å². The lowest BCUT2D eigenvalue weighted by Gasteiger charge is -1.88. The Morgan fingerprint density at radius 2 is 1.89 bits per heavy atom. The molecule has 0 saturated carbocycles. The zero-order valence-corrected chi connectivity index (χ0v) is 6.24. The van der Waals surface area contributed by atoms with Crippen LogP contribution >= 0.6 is 0 Å². The van der Waals surface area contributed by atoms with E-state index in [-0.39, 0.29) is 5.83 Å². The maximum Gasteiger partial charge on any atom is 0.0968 e. The molecule has 1 heteroatoms. The van der Waals surface area contributed by atoms with E-state index in [0.717, 1.165) is 6.42 Å². The number of allylic oxidation sites excluding steroid dienone is 4. The molecule has 0 nitrogen and oxygen atoms in total. The Morgan fingerprint density at radius 1 is 1.33 bits per heavy atom. The Kier molecular flexibility index (Phi) is 4.02. The van der Waals surface area contributed by atoms with Gasteiger partial charge in [0.15, 0.2) is 0 Å². The fourth-order valence-electron chi connectivity index (χ4n) is 0.375. The first kappa shape index (κ1) is 8.41. The Morgan fingerprint density at radius 3 is 2.22 bits per heavy atom. The molecule has 0 aromatic carbocycles. The summed E-state index contributed by atoms with van der Waals surface area (Å²) in [6, 6.07) is 0. The van der Waals surface area contributed by atoms with Crippen LogP contribution in [0.15, 0.2) is 23.6 Å². The molecule has 0 spiro atoms. The molecule has 0 radical (unpaired) electrons. The quantitative estimate of drug-likeness (QED) is 0.501. The minimum Gasteiger partial charge on any atom is -0.212 e. The van der Waals surface area contributed by atoms with Crippen LogP contribution in [0.25, 0.3) is 0 Å². The Labute approximate surface area is 56.1 Å². The van der Waals surface area contributed by atoms with Gasteiger partial charge in [-0.1, -0.05) is 18.6 Å². The van der Waals surface area contributed by atoms with Gasteiger partial charge in [-0.2, -0.15) is 0 Å². The van der Waals surface area contributed by atoms with Gasteiger partial charge in [-0.15, -0.1) is 0 Å². The van der Waals surface area contributed by atoms with Crippen molar-refractivity contribution in [2.75, 3.05) is 0 Å². The second-order valence-electron chi connectivity index (χ2n) is 2.12. The first-order chi connectivity index (χ1) is 4.16. The summed E-state index contributed by atoms with van der Waals surface area (Å²) in [5.74, 6) is -0.136. The van der Waals surface area contributed by atoms with E-state index in [9.17, 15) is 4.39 Å². The van der Waals surface area contributed by atoms with Gasteiger partial charge in [0.2, 0.25) is 0 Å². The fraction of sp³-hybridized carbons (Fsp3) is 0.500. The van der Waals surface area contributed by atoms with E-state index in [0.29, 0.717) is 0 Å². The molecule has 0 rings (SSSR count). The lowest BCUT2D eigenvalue weighted by molar-refractivity contribution is 0.640. The van der Waals surface area contributed by atoms with Gasteiger partial charge >= 0.3 is 0 Å². The third-order valence-electron chi connectivity index (χ3n) is 1.16. The highest BCUT2D eigenvalue weighted by Crippen LogP contribution is 2.00. The summed E-state index contributed by atoms with van der Waals surface area (Å²) in [5, 5.41) is 0. The highest BCUT2D eigenvalue weighted by atomic mass is 19.1. The molecule has 0 heterocycles. The smallest absolute Gasteiger partial charge is 0.0968 e. The second kappa shape index (κ2) is 4.30. The van der Waals surface area contributed by atoms with Crippen molar-refractivity contribution in [3.8, 4) is 0 Å². The monoisotopic (exact) mass is 128 g/mol. The number of hydrogen-bond acceptors (Lipinski definition) is 0. The molecular formula is C8H13F. The predicted octanol–water partition coefficient (Wildman–Crippen LogP) is 3.22. The van der Waals surface area contributed by atoms with Crippen LogP contribution in [0.2, 0.25) is 0 Å². The van der Waals surface area contributed by atoms with Crippen molar-refractivity contribution >= 4 is 0 Å². The molecule has 0 N–H and O–H groups in total. The second-order valence-corrected chi connectivity index (χ2v) is 2.12. The highest BCUT2D eigenvalue weighted by Gasteiger charge is 1.80. The molecule has 9 heavy (non-hydrogen) atoms. The van der Waals surface area contributed by atoms with E-state index < -0.39 is 0 Å². The largest absolute Gasteiger partial charge is 0.212 e. The van der Waals surface area contributed by atoms with Crippen LogP contribution < -0.4 is 0 Å².